The van der Waals surface area contributed by atoms with Crippen molar-refractivity contribution in [1.29, 1.82) is 5.26 Å². The van der Waals surface area contributed by atoms with Gasteiger partial charge in [-0.05, 0) is 20.3 Å². The molecule has 1 fully saturated rings. The maximum atomic E-state index is 11.9. The molecule has 1 rings (SSSR count). The Morgan fingerprint density at radius 3 is 2.79 bits per heavy atom. The molecular weight excluding hydrogens is 248 g/mol. The number of carbonyl (C=O) groups excluding carboxylic acids is 2. The van der Waals surface area contributed by atoms with Crippen LogP contribution in [-0.4, -0.2) is 24.3 Å². The van der Waals surface area contributed by atoms with Crippen molar-refractivity contribution in [3.05, 3.63) is 11.4 Å². The van der Waals surface area contributed by atoms with E-state index in [2.05, 4.69) is 4.85 Å². The molecule has 0 N–H and O–H groups in total. The standard InChI is InChI=1S/C13H16N2O4/c1-5-13(2,3)12(17)19-10-6-9(15-4)8(7-14)11(16)18-10/h8-10H,5-6H2,1-3H3. The van der Waals surface area contributed by atoms with Crippen molar-refractivity contribution in [2.24, 2.45) is 11.3 Å². The molecule has 0 aromatic rings. The van der Waals surface area contributed by atoms with Crippen LogP contribution in [-0.2, 0) is 19.1 Å². The smallest absolute Gasteiger partial charge is 0.334 e. The fourth-order valence-electron chi connectivity index (χ4n) is 1.50. The summed E-state index contributed by atoms with van der Waals surface area (Å²) in [7, 11) is 0. The first-order chi connectivity index (χ1) is 8.85. The molecule has 6 heteroatoms. The quantitative estimate of drug-likeness (QED) is 0.572. The van der Waals surface area contributed by atoms with Crippen LogP contribution in [0.4, 0.5) is 0 Å². The molecule has 1 saturated heterocycles. The van der Waals surface area contributed by atoms with Gasteiger partial charge < -0.3 is 14.3 Å². The number of rotatable bonds is 3. The molecule has 0 aromatic heterocycles. The molecule has 0 bridgehead atoms. The zero-order valence-electron chi connectivity index (χ0n) is 11.2. The van der Waals surface area contributed by atoms with Crippen LogP contribution in [0.1, 0.15) is 33.6 Å². The van der Waals surface area contributed by atoms with Gasteiger partial charge in [-0.2, -0.15) is 5.26 Å². The van der Waals surface area contributed by atoms with E-state index in [9.17, 15) is 9.59 Å². The molecule has 0 radical (unpaired) electrons. The number of carbonyl (C=O) groups is 2. The lowest BCUT2D eigenvalue weighted by Crippen LogP contribution is -2.42. The molecule has 0 aromatic carbocycles. The Kier molecular flexibility index (Phi) is 4.50. The molecule has 0 amide bonds. The van der Waals surface area contributed by atoms with Crippen molar-refractivity contribution in [1.82, 2.24) is 0 Å². The summed E-state index contributed by atoms with van der Waals surface area (Å²) in [5.41, 5.74) is -0.675. The van der Waals surface area contributed by atoms with Gasteiger partial charge in [0.2, 0.25) is 5.92 Å². The lowest BCUT2D eigenvalue weighted by Gasteiger charge is -2.28. The summed E-state index contributed by atoms with van der Waals surface area (Å²) in [5, 5.41) is 8.80. The third-order valence-corrected chi connectivity index (χ3v) is 3.30. The van der Waals surface area contributed by atoms with E-state index in [0.717, 1.165) is 0 Å². The number of hydrogen-bond donors (Lipinski definition) is 0. The van der Waals surface area contributed by atoms with Crippen molar-refractivity contribution < 1.29 is 19.1 Å². The Morgan fingerprint density at radius 1 is 1.68 bits per heavy atom. The lowest BCUT2D eigenvalue weighted by molar-refractivity contribution is -0.204. The molecule has 1 aliphatic rings. The predicted molar refractivity (Wildman–Crippen MR) is 64.2 cm³/mol. The van der Waals surface area contributed by atoms with Crippen LogP contribution in [0.15, 0.2) is 0 Å². The van der Waals surface area contributed by atoms with Gasteiger partial charge in [-0.25, -0.2) is 6.57 Å². The lowest BCUT2D eigenvalue weighted by atomic mass is 9.90. The molecule has 1 heterocycles. The van der Waals surface area contributed by atoms with E-state index in [1.807, 2.05) is 6.92 Å². The minimum atomic E-state index is -1.10. The second-order valence-electron chi connectivity index (χ2n) is 5.05. The van der Waals surface area contributed by atoms with E-state index in [1.165, 1.54) is 0 Å². The largest absolute Gasteiger partial charge is 0.424 e. The van der Waals surface area contributed by atoms with Crippen LogP contribution >= 0.6 is 0 Å². The fraction of sp³-hybridized carbons (Fsp3) is 0.692. The maximum absolute atomic E-state index is 11.9. The van der Waals surface area contributed by atoms with E-state index in [-0.39, 0.29) is 6.42 Å². The maximum Gasteiger partial charge on any atom is 0.334 e. The first-order valence-electron chi connectivity index (χ1n) is 6.03. The second kappa shape index (κ2) is 5.71. The summed E-state index contributed by atoms with van der Waals surface area (Å²) >= 11 is 0. The number of cyclic esters (lactones) is 1. The molecule has 3 unspecified atom stereocenters. The highest BCUT2D eigenvalue weighted by molar-refractivity contribution is 5.79. The molecule has 0 spiro atoms. The van der Waals surface area contributed by atoms with E-state index in [0.29, 0.717) is 6.42 Å². The van der Waals surface area contributed by atoms with E-state index in [1.54, 1.807) is 19.9 Å². The van der Waals surface area contributed by atoms with E-state index in [4.69, 9.17) is 21.3 Å². The van der Waals surface area contributed by atoms with Crippen LogP contribution < -0.4 is 0 Å². The minimum Gasteiger partial charge on any atom is -0.424 e. The number of esters is 2. The van der Waals surface area contributed by atoms with Gasteiger partial charge in [0.25, 0.3) is 12.3 Å². The van der Waals surface area contributed by atoms with Gasteiger partial charge in [-0.3, -0.25) is 9.59 Å². The Balaban J connectivity index is 2.74. The fourth-order valence-corrected chi connectivity index (χ4v) is 1.50. The van der Waals surface area contributed by atoms with Gasteiger partial charge in [0.15, 0.2) is 0 Å². The third kappa shape index (κ3) is 3.23. The topological polar surface area (TPSA) is 80.8 Å². The molecule has 3 atom stereocenters. The summed E-state index contributed by atoms with van der Waals surface area (Å²) < 4.78 is 9.99. The minimum absolute atomic E-state index is 0.0407. The zero-order chi connectivity index (χ0) is 14.6. The number of hydrogen-bond acceptors (Lipinski definition) is 5. The average Bonchev–Trinajstić information content (AvgIpc) is 2.37. The van der Waals surface area contributed by atoms with Gasteiger partial charge in [0, 0.05) is 0 Å². The van der Waals surface area contributed by atoms with E-state index >= 15 is 0 Å². The van der Waals surface area contributed by atoms with Crippen molar-refractivity contribution in [2.75, 3.05) is 0 Å². The van der Waals surface area contributed by atoms with Crippen LogP contribution in [0.5, 0.6) is 0 Å². The van der Waals surface area contributed by atoms with Gasteiger partial charge in [0.1, 0.15) is 0 Å². The molecule has 0 aliphatic carbocycles. The van der Waals surface area contributed by atoms with Crippen LogP contribution in [0.3, 0.4) is 0 Å². The first kappa shape index (κ1) is 15.0. The van der Waals surface area contributed by atoms with Gasteiger partial charge >= 0.3 is 11.9 Å². The highest BCUT2D eigenvalue weighted by atomic mass is 16.7. The number of nitrogens with zero attached hydrogens (tertiary/aromatic N) is 2. The summed E-state index contributed by atoms with van der Waals surface area (Å²) in [6, 6.07) is 0.916. The van der Waals surface area contributed by atoms with Crippen LogP contribution in [0.2, 0.25) is 0 Å². The number of ether oxygens (including phenoxy) is 2. The van der Waals surface area contributed by atoms with Crippen LogP contribution in [0, 0.1) is 29.2 Å². The van der Waals surface area contributed by atoms with Gasteiger partial charge in [-0.1, -0.05) is 6.92 Å². The van der Waals surface area contributed by atoms with Crippen molar-refractivity contribution >= 4 is 11.9 Å². The Labute approximate surface area is 112 Å². The molecule has 19 heavy (non-hydrogen) atoms. The Hall–Kier alpha value is -2.08. The van der Waals surface area contributed by atoms with E-state index < -0.39 is 35.6 Å². The zero-order valence-corrected chi connectivity index (χ0v) is 11.2. The second-order valence-corrected chi connectivity index (χ2v) is 5.05. The predicted octanol–water partition coefficient (Wildman–Crippen LogP) is 1.67. The van der Waals surface area contributed by atoms with Gasteiger partial charge in [-0.15, -0.1) is 0 Å². The molecule has 6 nitrogen and oxygen atoms in total. The summed E-state index contributed by atoms with van der Waals surface area (Å²) in [5.74, 6) is -2.39. The number of nitriles is 1. The average molecular weight is 264 g/mol. The molecule has 0 saturated carbocycles. The SMILES string of the molecule is [C-]#[N+]C1CC(OC(=O)C(C)(C)CC)OC(=O)C1C#N. The van der Waals surface area contributed by atoms with Crippen LogP contribution in [0.25, 0.3) is 4.85 Å². The molecule has 1 aliphatic heterocycles. The Morgan fingerprint density at radius 2 is 2.32 bits per heavy atom. The normalized spacial score (nSPS) is 26.8. The monoisotopic (exact) mass is 264 g/mol. The molecular formula is C13H16N2O4. The summed E-state index contributed by atoms with van der Waals surface area (Å²) in [6.07, 6.45) is -0.451. The van der Waals surface area contributed by atoms with Crippen molar-refractivity contribution in [3.63, 3.8) is 0 Å². The Bertz CT molecular complexity index is 458. The first-order valence-corrected chi connectivity index (χ1v) is 6.03. The summed E-state index contributed by atoms with van der Waals surface area (Å²) in [6.45, 7) is 12.3. The van der Waals surface area contributed by atoms with Gasteiger partial charge in [0.05, 0.1) is 17.9 Å². The third-order valence-electron chi connectivity index (χ3n) is 3.30. The molecule has 102 valence electrons. The van der Waals surface area contributed by atoms with Crippen molar-refractivity contribution in [3.8, 4) is 6.07 Å². The van der Waals surface area contributed by atoms with Crippen molar-refractivity contribution in [2.45, 2.75) is 45.9 Å². The summed E-state index contributed by atoms with van der Waals surface area (Å²) in [4.78, 5) is 26.6. The highest BCUT2D eigenvalue weighted by Crippen LogP contribution is 2.28. The highest BCUT2D eigenvalue weighted by Gasteiger charge is 2.45.